The molecule has 1 N–H and O–H groups in total. The summed E-state index contributed by atoms with van der Waals surface area (Å²) in [6.45, 7) is 3.94. The summed E-state index contributed by atoms with van der Waals surface area (Å²) >= 11 is -2.48. The van der Waals surface area contributed by atoms with Crippen LogP contribution in [0.15, 0.2) is 0 Å². The number of hydrogen-bond acceptors (Lipinski definition) is 4. The van der Waals surface area contributed by atoms with Gasteiger partial charge in [-0.1, -0.05) is 20.3 Å². The van der Waals surface area contributed by atoms with Gasteiger partial charge in [-0.05, 0) is 12.3 Å². The van der Waals surface area contributed by atoms with Gasteiger partial charge in [0.1, 0.15) is 0 Å². The van der Waals surface area contributed by atoms with Crippen molar-refractivity contribution in [2.75, 3.05) is 7.05 Å². The van der Waals surface area contributed by atoms with Crippen molar-refractivity contribution in [3.63, 3.8) is 0 Å². The molecule has 1 aliphatic heterocycles. The van der Waals surface area contributed by atoms with Gasteiger partial charge in [-0.3, -0.25) is 9.59 Å². The number of carbonyl (C=O) groups excluding carboxylic acids is 3. The minimum Gasteiger partial charge on any atom is -0.319 e. The summed E-state index contributed by atoms with van der Waals surface area (Å²) in [4.78, 5) is 34.4. The molecule has 2 amide bonds. The zero-order valence-electron chi connectivity index (χ0n) is 9.24. The molecule has 0 saturated carbocycles. The first-order valence-corrected chi connectivity index (χ1v) is 6.84. The largest absolute Gasteiger partial charge is 0.620 e. The average Bonchev–Trinajstić information content (AvgIpc) is 2.18. The van der Waals surface area contributed by atoms with Crippen LogP contribution in [-0.4, -0.2) is 40.4 Å². The van der Waals surface area contributed by atoms with Crippen molar-refractivity contribution in [2.24, 2.45) is 5.92 Å². The van der Waals surface area contributed by atoms with E-state index in [0.717, 1.165) is 11.4 Å². The van der Waals surface area contributed by atoms with Crippen molar-refractivity contribution in [2.45, 2.75) is 26.7 Å². The Morgan fingerprint density at radius 1 is 1.47 bits per heavy atom. The lowest BCUT2D eigenvalue weighted by Crippen LogP contribution is -2.70. The third-order valence-corrected chi connectivity index (χ3v) is 5.11. The first-order valence-electron chi connectivity index (χ1n) is 5.10. The number of hydrazine groups is 1. The number of amides is 2. The van der Waals surface area contributed by atoms with Crippen LogP contribution in [0.2, 0.25) is 0 Å². The van der Waals surface area contributed by atoms with Crippen LogP contribution in [0.1, 0.15) is 26.7 Å². The van der Waals surface area contributed by atoms with Crippen LogP contribution >= 0.6 is 0 Å². The molecule has 0 aromatic rings. The van der Waals surface area contributed by atoms with Crippen molar-refractivity contribution >= 4 is 28.3 Å². The van der Waals surface area contributed by atoms with Crippen molar-refractivity contribution in [3.05, 3.63) is 0 Å². The molecule has 0 spiro atoms. The number of carbonyl (C=O) groups is 3. The Bertz CT molecular complexity index is 290. The normalized spacial score (nSPS) is 17.8. The summed E-state index contributed by atoms with van der Waals surface area (Å²) in [5.41, 5.74) is 2.47. The highest BCUT2D eigenvalue weighted by Gasteiger charge is 2.59. The lowest BCUT2D eigenvalue weighted by Gasteiger charge is -2.32. The predicted molar refractivity (Wildman–Crippen MR) is 56.5 cm³/mol. The second-order valence-electron chi connectivity index (χ2n) is 3.85. The van der Waals surface area contributed by atoms with E-state index >= 15 is 0 Å². The molecule has 15 heavy (non-hydrogen) atoms. The molecule has 1 saturated heterocycles. The van der Waals surface area contributed by atoms with Gasteiger partial charge in [0.15, 0.2) is 9.54 Å². The third kappa shape index (κ3) is 2.28. The number of imide groups is 1. The maximum atomic E-state index is 11.6. The Labute approximate surface area is 93.2 Å². The fraction of sp³-hybridized carbons (Fsp3) is 0.667. The maximum absolute atomic E-state index is 11.6. The minimum absolute atomic E-state index is 0.120. The molecule has 1 rings (SSSR count). The van der Waals surface area contributed by atoms with Crippen molar-refractivity contribution in [3.8, 4) is 0 Å². The summed E-state index contributed by atoms with van der Waals surface area (Å²) in [6.07, 6.45) is 1.26. The van der Waals surface area contributed by atoms with Crippen LogP contribution in [-0.2, 0) is 4.79 Å². The van der Waals surface area contributed by atoms with E-state index in [1.54, 1.807) is 0 Å². The molecule has 0 radical (unpaired) electrons. The Kier molecular flexibility index (Phi) is 4.03. The second kappa shape index (κ2) is 4.88. The number of hydrogen-bond donors (Lipinski definition) is 1. The molecule has 82 valence electrons. The molecular weight excluding hydrogens is 211 g/mol. The van der Waals surface area contributed by atoms with Crippen molar-refractivity contribution in [1.29, 1.82) is 0 Å². The van der Waals surface area contributed by atoms with Crippen molar-refractivity contribution in [1.82, 2.24) is 10.4 Å². The van der Waals surface area contributed by atoms with E-state index in [-0.39, 0.29) is 20.1 Å². The zero-order chi connectivity index (χ0) is 11.6. The summed E-state index contributed by atoms with van der Waals surface area (Å²) in [7, 11) is 1.50. The van der Waals surface area contributed by atoms with Gasteiger partial charge in [0.2, 0.25) is 0 Å². The molecule has 0 aromatic heterocycles. The van der Waals surface area contributed by atoms with Gasteiger partial charge in [-0.15, -0.1) is 0 Å². The van der Waals surface area contributed by atoms with Crippen LogP contribution in [0.5, 0.6) is 0 Å². The summed E-state index contributed by atoms with van der Waals surface area (Å²) < 4.78 is -0.711. The first-order chi connectivity index (χ1) is 7.02. The van der Waals surface area contributed by atoms with E-state index in [0.29, 0.717) is 6.42 Å². The monoisotopic (exact) mass is 226 g/mol. The standard InChI is InChI=1S/C6H11O.C3H4N2O2.Al/c1-3-6(2)4-5-7;1-4-5(2-6)3-7;/h6H,3-4H2,1-2H3;4H,1H3;/t6-;;/m0../s1. The summed E-state index contributed by atoms with van der Waals surface area (Å²) in [5, 5.41) is 0.936. The molecule has 1 fully saturated rings. The van der Waals surface area contributed by atoms with Gasteiger partial charge in [-0.25, -0.2) is 10.4 Å². The molecule has 0 unspecified atom stereocenters. The molecule has 1 atom stereocenters. The third-order valence-electron chi connectivity index (χ3n) is 2.73. The number of rotatable bonds is 5. The van der Waals surface area contributed by atoms with Crippen LogP contribution in [0, 0.1) is 5.92 Å². The minimum atomic E-state index is -2.48. The van der Waals surface area contributed by atoms with Crippen LogP contribution in [0.25, 0.3) is 0 Å². The zero-order valence-corrected chi connectivity index (χ0v) is 10.4. The predicted octanol–water partition coefficient (Wildman–Crippen LogP) is 0.879. The number of nitrogens with zero attached hydrogens (tertiary/aromatic N) is 1. The molecular formula is C9H15AlN2O3. The Morgan fingerprint density at radius 2 is 2.00 bits per heavy atom. The Hall–Kier alpha value is -0.698. The van der Waals surface area contributed by atoms with Crippen LogP contribution in [0.4, 0.5) is 9.59 Å². The summed E-state index contributed by atoms with van der Waals surface area (Å²) in [5.74, 6) is 0.259. The van der Waals surface area contributed by atoms with Crippen LogP contribution in [0.3, 0.4) is 0 Å². The quantitative estimate of drug-likeness (QED) is 0.706. The highest BCUT2D eigenvalue weighted by molar-refractivity contribution is 7.32. The van der Waals surface area contributed by atoms with Crippen LogP contribution < -0.4 is 5.43 Å². The molecule has 0 aliphatic carbocycles. The van der Waals surface area contributed by atoms with E-state index in [1.807, 2.05) is 13.8 Å². The number of nitrogens with one attached hydrogen (secondary N) is 1. The van der Waals surface area contributed by atoms with E-state index in [9.17, 15) is 14.4 Å². The average molecular weight is 226 g/mol. The smallest absolute Gasteiger partial charge is 0.319 e. The SMILES string of the molecule is CC[C@H](C)C[C](=O)[Al]1[C](=O)N(NC)[C]1=O. The molecule has 0 aromatic carbocycles. The lowest BCUT2D eigenvalue weighted by molar-refractivity contribution is -0.113. The topological polar surface area (TPSA) is 66.5 Å². The second-order valence-corrected chi connectivity index (χ2v) is 6.35. The fourth-order valence-corrected chi connectivity index (χ4v) is 3.73. The van der Waals surface area contributed by atoms with E-state index in [2.05, 4.69) is 5.43 Å². The highest BCUT2D eigenvalue weighted by Crippen LogP contribution is 2.16. The fourth-order valence-electron chi connectivity index (χ4n) is 1.51. The molecule has 1 aliphatic rings. The maximum Gasteiger partial charge on any atom is 0.620 e. The van der Waals surface area contributed by atoms with Gasteiger partial charge in [-0.2, -0.15) is 0 Å². The molecule has 5 nitrogen and oxygen atoms in total. The van der Waals surface area contributed by atoms with E-state index < -0.39 is 14.1 Å². The van der Waals surface area contributed by atoms with Gasteiger partial charge in [0.05, 0.1) is 4.65 Å². The summed E-state index contributed by atoms with van der Waals surface area (Å²) in [6, 6.07) is 0. The van der Waals surface area contributed by atoms with Gasteiger partial charge >= 0.3 is 14.1 Å². The van der Waals surface area contributed by atoms with Crippen molar-refractivity contribution < 1.29 is 14.4 Å². The van der Waals surface area contributed by atoms with Gasteiger partial charge in [0, 0.05) is 7.05 Å². The first kappa shape index (κ1) is 12.4. The van der Waals surface area contributed by atoms with E-state index in [4.69, 9.17) is 0 Å². The van der Waals surface area contributed by atoms with Gasteiger partial charge < -0.3 is 4.79 Å². The van der Waals surface area contributed by atoms with Gasteiger partial charge in [0.25, 0.3) is 0 Å². The molecule has 0 bridgehead atoms. The molecule has 6 heteroatoms. The molecule has 1 heterocycles. The highest BCUT2D eigenvalue weighted by atomic mass is 27.2. The lowest BCUT2D eigenvalue weighted by atomic mass is 10.1. The van der Waals surface area contributed by atoms with E-state index in [1.165, 1.54) is 7.05 Å². The Morgan fingerprint density at radius 3 is 2.40 bits per heavy atom. The Balaban J connectivity index is 2.56.